The van der Waals surface area contributed by atoms with Gasteiger partial charge in [-0.25, -0.2) is 0 Å². The van der Waals surface area contributed by atoms with E-state index >= 15 is 0 Å². The van der Waals surface area contributed by atoms with Crippen molar-refractivity contribution in [3.05, 3.63) is 28.8 Å². The van der Waals surface area contributed by atoms with Crippen molar-refractivity contribution in [2.24, 2.45) is 0 Å². The molecule has 0 radical (unpaired) electrons. The molecule has 0 unspecified atom stereocenters. The number of rotatable bonds is 1. The van der Waals surface area contributed by atoms with E-state index in [-0.39, 0.29) is 5.60 Å². The van der Waals surface area contributed by atoms with E-state index in [1.807, 2.05) is 26.0 Å². The number of benzene rings is 1. The first-order chi connectivity index (χ1) is 8.44. The number of nitrogens with zero attached hydrogens (tertiary/aromatic N) is 1. The number of anilines is 1. The van der Waals surface area contributed by atoms with Crippen LogP contribution < -0.4 is 10.5 Å². The maximum absolute atomic E-state index is 6.24. The number of nitrogen functional groups attached to an aromatic ring is 1. The van der Waals surface area contributed by atoms with Crippen LogP contribution in [0.2, 0.25) is 5.02 Å². The van der Waals surface area contributed by atoms with Gasteiger partial charge in [0.25, 0.3) is 0 Å². The van der Waals surface area contributed by atoms with E-state index in [4.69, 9.17) is 26.6 Å². The van der Waals surface area contributed by atoms with Crippen molar-refractivity contribution < 1.29 is 9.26 Å². The lowest BCUT2D eigenvalue weighted by Crippen LogP contribution is -2.24. The van der Waals surface area contributed by atoms with E-state index in [0.29, 0.717) is 16.6 Å². The molecule has 18 heavy (non-hydrogen) atoms. The van der Waals surface area contributed by atoms with Crippen molar-refractivity contribution in [1.29, 1.82) is 0 Å². The fraction of sp³-hybridized carbons (Fsp3) is 0.308. The Balaban J connectivity index is 2.09. The molecule has 94 valence electrons. The Morgan fingerprint density at radius 2 is 2.11 bits per heavy atom. The molecule has 3 rings (SSSR count). The molecule has 1 aliphatic heterocycles. The van der Waals surface area contributed by atoms with Crippen LogP contribution >= 0.6 is 11.6 Å². The average molecular weight is 265 g/mol. The highest BCUT2D eigenvalue weighted by atomic mass is 35.5. The normalized spacial score (nSPS) is 16.4. The molecule has 2 aromatic rings. The lowest BCUT2D eigenvalue weighted by Gasteiger charge is -2.17. The molecule has 0 spiro atoms. The Bertz CT molecular complexity index is 619. The first-order valence-electron chi connectivity index (χ1n) is 5.69. The number of ether oxygens (including phenoxy) is 1. The number of halogens is 1. The summed E-state index contributed by atoms with van der Waals surface area (Å²) in [6, 6.07) is 5.52. The number of nitrogens with two attached hydrogens (primary N) is 1. The van der Waals surface area contributed by atoms with E-state index in [1.165, 1.54) is 0 Å². The molecule has 5 heteroatoms. The highest BCUT2D eigenvalue weighted by molar-refractivity contribution is 6.32. The van der Waals surface area contributed by atoms with Crippen molar-refractivity contribution in [1.82, 2.24) is 5.16 Å². The summed E-state index contributed by atoms with van der Waals surface area (Å²) in [6.45, 7) is 4.08. The van der Waals surface area contributed by atoms with E-state index in [0.717, 1.165) is 23.3 Å². The van der Waals surface area contributed by atoms with Gasteiger partial charge in [-0.1, -0.05) is 16.8 Å². The molecule has 0 saturated carbocycles. The maximum atomic E-state index is 6.24. The summed E-state index contributed by atoms with van der Waals surface area (Å²) >= 11 is 6.24. The van der Waals surface area contributed by atoms with Crippen molar-refractivity contribution in [2.45, 2.75) is 25.9 Å². The molecule has 0 amide bonds. The Hall–Kier alpha value is -1.68. The zero-order valence-electron chi connectivity index (χ0n) is 10.2. The molecule has 0 fully saturated rings. The summed E-state index contributed by atoms with van der Waals surface area (Å²) in [6.07, 6.45) is 0.823. The fourth-order valence-corrected chi connectivity index (χ4v) is 2.52. The molecule has 0 bridgehead atoms. The third-order valence-electron chi connectivity index (χ3n) is 2.94. The molecule has 0 saturated heterocycles. The molecule has 2 N–H and O–H groups in total. The van der Waals surface area contributed by atoms with Crippen molar-refractivity contribution >= 4 is 17.5 Å². The SMILES string of the molecule is CC1(C)Cc2cc(-c3cc(N)on3)cc(Cl)c2O1. The fourth-order valence-electron chi connectivity index (χ4n) is 2.24. The quantitative estimate of drug-likeness (QED) is 0.859. The molecule has 1 aromatic carbocycles. The van der Waals surface area contributed by atoms with Gasteiger partial charge in [-0.3, -0.25) is 0 Å². The second-order valence-electron chi connectivity index (χ2n) is 5.10. The van der Waals surface area contributed by atoms with Crippen LogP contribution in [0.25, 0.3) is 11.3 Å². The van der Waals surface area contributed by atoms with Gasteiger partial charge in [-0.05, 0) is 26.0 Å². The highest BCUT2D eigenvalue weighted by Gasteiger charge is 2.32. The number of hydrogen-bond donors (Lipinski definition) is 1. The molecular weight excluding hydrogens is 252 g/mol. The standard InChI is InChI=1S/C13H13ClN2O2/c1-13(2)6-8-3-7(4-9(14)12(8)17-13)10-5-11(15)18-16-10/h3-5H,6,15H2,1-2H3. The van der Waals surface area contributed by atoms with Crippen LogP contribution in [0.15, 0.2) is 22.7 Å². The molecule has 2 heterocycles. The smallest absolute Gasteiger partial charge is 0.222 e. The summed E-state index contributed by atoms with van der Waals surface area (Å²) in [5.41, 5.74) is 7.97. The van der Waals surface area contributed by atoms with Gasteiger partial charge in [0, 0.05) is 23.6 Å². The Morgan fingerprint density at radius 3 is 2.78 bits per heavy atom. The minimum absolute atomic E-state index is 0.215. The number of aromatic nitrogens is 1. The monoisotopic (exact) mass is 264 g/mol. The molecule has 1 aromatic heterocycles. The van der Waals surface area contributed by atoms with Crippen molar-refractivity contribution in [3.63, 3.8) is 0 Å². The molecular formula is C13H13ClN2O2. The van der Waals surface area contributed by atoms with Gasteiger partial charge in [-0.15, -0.1) is 0 Å². The van der Waals surface area contributed by atoms with Crippen LogP contribution in [0, 0.1) is 0 Å². The van der Waals surface area contributed by atoms with Crippen LogP contribution in [-0.4, -0.2) is 10.8 Å². The minimum Gasteiger partial charge on any atom is -0.486 e. The van der Waals surface area contributed by atoms with Crippen molar-refractivity contribution in [3.8, 4) is 17.0 Å². The maximum Gasteiger partial charge on any atom is 0.222 e. The molecule has 0 aliphatic carbocycles. The van der Waals surface area contributed by atoms with Gasteiger partial charge >= 0.3 is 0 Å². The van der Waals surface area contributed by atoms with Crippen LogP contribution in [-0.2, 0) is 6.42 Å². The van der Waals surface area contributed by atoms with Crippen LogP contribution in [0.4, 0.5) is 5.88 Å². The van der Waals surface area contributed by atoms with Gasteiger partial charge < -0.3 is 15.0 Å². The third kappa shape index (κ3) is 1.82. The summed E-state index contributed by atoms with van der Waals surface area (Å²) < 4.78 is 10.7. The Morgan fingerprint density at radius 1 is 1.33 bits per heavy atom. The first kappa shape index (κ1) is 11.4. The molecule has 1 aliphatic rings. The topological polar surface area (TPSA) is 61.3 Å². The van der Waals surface area contributed by atoms with Crippen LogP contribution in [0.1, 0.15) is 19.4 Å². The second kappa shape index (κ2) is 3.65. The predicted molar refractivity (Wildman–Crippen MR) is 69.8 cm³/mol. The van der Waals surface area contributed by atoms with Crippen LogP contribution in [0.3, 0.4) is 0 Å². The van der Waals surface area contributed by atoms with E-state index in [1.54, 1.807) is 6.07 Å². The number of fused-ring (bicyclic) bond motifs is 1. The minimum atomic E-state index is -0.215. The van der Waals surface area contributed by atoms with E-state index in [9.17, 15) is 0 Å². The summed E-state index contributed by atoms with van der Waals surface area (Å²) in [5, 5.41) is 4.48. The van der Waals surface area contributed by atoms with Gasteiger partial charge in [0.05, 0.1) is 5.02 Å². The lowest BCUT2D eigenvalue weighted by atomic mass is 9.99. The van der Waals surface area contributed by atoms with Gasteiger partial charge in [-0.2, -0.15) is 0 Å². The van der Waals surface area contributed by atoms with Crippen molar-refractivity contribution in [2.75, 3.05) is 5.73 Å². The zero-order chi connectivity index (χ0) is 12.9. The first-order valence-corrected chi connectivity index (χ1v) is 6.06. The summed E-state index contributed by atoms with van der Waals surface area (Å²) in [4.78, 5) is 0. The van der Waals surface area contributed by atoms with Gasteiger partial charge in [0.2, 0.25) is 5.88 Å². The largest absolute Gasteiger partial charge is 0.486 e. The summed E-state index contributed by atoms with van der Waals surface area (Å²) in [7, 11) is 0. The van der Waals surface area contributed by atoms with E-state index in [2.05, 4.69) is 5.16 Å². The van der Waals surface area contributed by atoms with Crippen LogP contribution in [0.5, 0.6) is 5.75 Å². The average Bonchev–Trinajstić information content (AvgIpc) is 2.81. The van der Waals surface area contributed by atoms with Gasteiger partial charge in [0.15, 0.2) is 0 Å². The lowest BCUT2D eigenvalue weighted by molar-refractivity contribution is 0.138. The second-order valence-corrected chi connectivity index (χ2v) is 5.51. The van der Waals surface area contributed by atoms with Gasteiger partial charge in [0.1, 0.15) is 17.0 Å². The predicted octanol–water partition coefficient (Wildman–Crippen LogP) is 3.29. The molecule has 0 atom stereocenters. The highest BCUT2D eigenvalue weighted by Crippen LogP contribution is 2.42. The zero-order valence-corrected chi connectivity index (χ0v) is 10.9. The Kier molecular flexibility index (Phi) is 2.32. The molecule has 4 nitrogen and oxygen atoms in total. The third-order valence-corrected chi connectivity index (χ3v) is 3.22. The Labute approximate surface area is 110 Å². The number of hydrogen-bond acceptors (Lipinski definition) is 4. The summed E-state index contributed by atoms with van der Waals surface area (Å²) in [5.74, 6) is 1.06. The van der Waals surface area contributed by atoms with E-state index < -0.39 is 0 Å².